The Hall–Kier alpha value is -2.33. The van der Waals surface area contributed by atoms with Crippen LogP contribution in [0, 0.1) is 0 Å². The molecular formula is C12H21N9O. The van der Waals surface area contributed by atoms with Crippen molar-refractivity contribution in [2.24, 2.45) is 5.73 Å². The third kappa shape index (κ3) is 4.90. The van der Waals surface area contributed by atoms with E-state index in [0.29, 0.717) is 45.7 Å². The standard InChI is InChI=1S/C12H21N9O/c1-19(6-11-8-20(4-2-13)17-15-11)7-12-9-21(18-16-12)5-3-14-10-22/h8-10H,2-7,13H2,1H3,(H,14,22). The largest absolute Gasteiger partial charge is 0.357 e. The highest BCUT2D eigenvalue weighted by molar-refractivity contribution is 5.45. The molecule has 1 amide bonds. The van der Waals surface area contributed by atoms with Crippen LogP contribution in [-0.2, 0) is 31.0 Å². The van der Waals surface area contributed by atoms with E-state index in [-0.39, 0.29) is 0 Å². The molecule has 10 heteroatoms. The van der Waals surface area contributed by atoms with E-state index in [1.807, 2.05) is 19.4 Å². The molecule has 10 nitrogen and oxygen atoms in total. The molecular weight excluding hydrogens is 286 g/mol. The number of nitrogens with two attached hydrogens (primary N) is 1. The van der Waals surface area contributed by atoms with Crippen LogP contribution >= 0.6 is 0 Å². The smallest absolute Gasteiger partial charge is 0.207 e. The summed E-state index contributed by atoms with van der Waals surface area (Å²) in [7, 11) is 1.98. The minimum absolute atomic E-state index is 0.534. The van der Waals surface area contributed by atoms with Crippen LogP contribution in [0.4, 0.5) is 0 Å². The maximum absolute atomic E-state index is 10.2. The molecule has 0 aliphatic rings. The molecule has 0 saturated carbocycles. The molecule has 0 saturated heterocycles. The molecule has 2 aromatic heterocycles. The first-order valence-corrected chi connectivity index (χ1v) is 7.05. The second kappa shape index (κ2) is 8.20. The highest BCUT2D eigenvalue weighted by Crippen LogP contribution is 2.03. The van der Waals surface area contributed by atoms with Crippen molar-refractivity contribution in [3.63, 3.8) is 0 Å². The molecule has 0 spiro atoms. The van der Waals surface area contributed by atoms with Crippen molar-refractivity contribution in [3.05, 3.63) is 23.8 Å². The number of nitrogens with zero attached hydrogens (tertiary/aromatic N) is 7. The number of hydrogen-bond donors (Lipinski definition) is 2. The summed E-state index contributed by atoms with van der Waals surface area (Å²) in [5, 5.41) is 18.8. The van der Waals surface area contributed by atoms with E-state index in [4.69, 9.17) is 5.73 Å². The summed E-state index contributed by atoms with van der Waals surface area (Å²) in [4.78, 5) is 12.3. The lowest BCUT2D eigenvalue weighted by Gasteiger charge is -2.12. The zero-order chi connectivity index (χ0) is 15.8. The van der Waals surface area contributed by atoms with Gasteiger partial charge in [0, 0.05) is 38.6 Å². The van der Waals surface area contributed by atoms with E-state index < -0.39 is 0 Å². The topological polar surface area (TPSA) is 120 Å². The molecule has 0 aliphatic carbocycles. The number of aromatic nitrogens is 6. The number of nitrogens with one attached hydrogen (secondary N) is 1. The number of carbonyl (C=O) groups excluding carboxylic acids is 1. The molecule has 22 heavy (non-hydrogen) atoms. The zero-order valence-electron chi connectivity index (χ0n) is 12.6. The predicted octanol–water partition coefficient (Wildman–Crippen LogP) is -1.79. The second-order valence-electron chi connectivity index (χ2n) is 4.98. The fourth-order valence-corrected chi connectivity index (χ4v) is 2.02. The summed E-state index contributed by atoms with van der Waals surface area (Å²) in [5.41, 5.74) is 7.23. The molecule has 120 valence electrons. The summed E-state index contributed by atoms with van der Waals surface area (Å²) in [5.74, 6) is 0. The van der Waals surface area contributed by atoms with Gasteiger partial charge in [0.1, 0.15) is 0 Å². The average Bonchev–Trinajstić information content (AvgIpc) is 3.09. The van der Waals surface area contributed by atoms with Gasteiger partial charge < -0.3 is 11.1 Å². The lowest BCUT2D eigenvalue weighted by molar-refractivity contribution is -0.109. The minimum atomic E-state index is 0.534. The van der Waals surface area contributed by atoms with Crippen LogP contribution in [-0.4, -0.2) is 61.4 Å². The first-order valence-electron chi connectivity index (χ1n) is 7.05. The summed E-state index contributed by atoms with van der Waals surface area (Å²) < 4.78 is 3.44. The fourth-order valence-electron chi connectivity index (χ4n) is 2.02. The molecule has 0 unspecified atom stereocenters. The van der Waals surface area contributed by atoms with E-state index in [1.165, 1.54) is 0 Å². The minimum Gasteiger partial charge on any atom is -0.357 e. The van der Waals surface area contributed by atoms with Gasteiger partial charge in [-0.15, -0.1) is 10.2 Å². The third-order valence-corrected chi connectivity index (χ3v) is 2.96. The Balaban J connectivity index is 1.80. The van der Waals surface area contributed by atoms with Crippen LogP contribution in [0.5, 0.6) is 0 Å². The van der Waals surface area contributed by atoms with Crippen LogP contribution in [0.1, 0.15) is 11.4 Å². The van der Waals surface area contributed by atoms with Gasteiger partial charge in [-0.05, 0) is 7.05 Å². The lowest BCUT2D eigenvalue weighted by atomic mass is 10.4. The Morgan fingerprint density at radius 2 is 1.77 bits per heavy atom. The maximum atomic E-state index is 10.2. The first kappa shape index (κ1) is 16.0. The SMILES string of the molecule is CN(Cc1cn(CCN)nn1)Cc1cn(CCNC=O)nn1. The third-order valence-electron chi connectivity index (χ3n) is 2.96. The van der Waals surface area contributed by atoms with Gasteiger partial charge in [0.15, 0.2) is 0 Å². The highest BCUT2D eigenvalue weighted by atomic mass is 16.1. The number of carbonyl (C=O) groups is 1. The van der Waals surface area contributed by atoms with Gasteiger partial charge in [-0.25, -0.2) is 0 Å². The zero-order valence-corrected chi connectivity index (χ0v) is 12.6. The van der Waals surface area contributed by atoms with Crippen molar-refractivity contribution in [1.29, 1.82) is 0 Å². The van der Waals surface area contributed by atoms with Gasteiger partial charge >= 0.3 is 0 Å². The van der Waals surface area contributed by atoms with Crippen LogP contribution in [0.25, 0.3) is 0 Å². The van der Waals surface area contributed by atoms with Crippen molar-refractivity contribution in [2.75, 3.05) is 20.1 Å². The normalized spacial score (nSPS) is 11.0. The fraction of sp³-hybridized carbons (Fsp3) is 0.583. The Labute approximate surface area is 128 Å². The van der Waals surface area contributed by atoms with Gasteiger partial charge in [-0.1, -0.05) is 10.4 Å². The lowest BCUT2D eigenvalue weighted by Crippen LogP contribution is -2.18. The van der Waals surface area contributed by atoms with Crippen molar-refractivity contribution in [1.82, 2.24) is 40.2 Å². The second-order valence-corrected chi connectivity index (χ2v) is 4.98. The van der Waals surface area contributed by atoms with Gasteiger partial charge in [0.05, 0.1) is 24.5 Å². The summed E-state index contributed by atoms with van der Waals surface area (Å²) in [6.45, 7) is 3.67. The number of amides is 1. The Morgan fingerprint density at radius 1 is 1.18 bits per heavy atom. The van der Waals surface area contributed by atoms with Crippen molar-refractivity contribution in [3.8, 4) is 0 Å². The summed E-state index contributed by atoms with van der Waals surface area (Å²) in [6, 6.07) is 0. The van der Waals surface area contributed by atoms with E-state index in [9.17, 15) is 4.79 Å². The average molecular weight is 307 g/mol. The van der Waals surface area contributed by atoms with E-state index in [1.54, 1.807) is 9.36 Å². The van der Waals surface area contributed by atoms with Gasteiger partial charge in [0.25, 0.3) is 0 Å². The summed E-state index contributed by atoms with van der Waals surface area (Å²) >= 11 is 0. The molecule has 2 heterocycles. The van der Waals surface area contributed by atoms with Gasteiger partial charge in [-0.3, -0.25) is 19.1 Å². The van der Waals surface area contributed by atoms with Crippen molar-refractivity contribution >= 4 is 6.41 Å². The molecule has 0 atom stereocenters. The Bertz CT molecular complexity index is 579. The van der Waals surface area contributed by atoms with Gasteiger partial charge in [-0.2, -0.15) is 0 Å². The van der Waals surface area contributed by atoms with E-state index in [2.05, 4.69) is 30.8 Å². The van der Waals surface area contributed by atoms with E-state index in [0.717, 1.165) is 11.4 Å². The first-order chi connectivity index (χ1) is 10.7. The van der Waals surface area contributed by atoms with Crippen molar-refractivity contribution < 1.29 is 4.79 Å². The molecule has 3 N–H and O–H groups in total. The molecule has 0 aromatic carbocycles. The number of rotatable bonds is 10. The molecule has 0 bridgehead atoms. The monoisotopic (exact) mass is 307 g/mol. The van der Waals surface area contributed by atoms with Crippen LogP contribution in [0.3, 0.4) is 0 Å². The Kier molecular flexibility index (Phi) is 5.98. The van der Waals surface area contributed by atoms with E-state index >= 15 is 0 Å². The summed E-state index contributed by atoms with van der Waals surface area (Å²) in [6.07, 6.45) is 4.43. The predicted molar refractivity (Wildman–Crippen MR) is 78.3 cm³/mol. The van der Waals surface area contributed by atoms with Crippen LogP contribution in [0.2, 0.25) is 0 Å². The molecule has 0 aliphatic heterocycles. The maximum Gasteiger partial charge on any atom is 0.207 e. The quantitative estimate of drug-likeness (QED) is 0.393. The molecule has 2 aromatic rings. The van der Waals surface area contributed by atoms with Crippen molar-refractivity contribution in [2.45, 2.75) is 26.2 Å². The highest BCUT2D eigenvalue weighted by Gasteiger charge is 2.08. The molecule has 2 rings (SSSR count). The molecule has 0 fully saturated rings. The number of hydrogen-bond acceptors (Lipinski definition) is 7. The van der Waals surface area contributed by atoms with Gasteiger partial charge in [0.2, 0.25) is 6.41 Å². The van der Waals surface area contributed by atoms with Crippen LogP contribution < -0.4 is 11.1 Å². The van der Waals surface area contributed by atoms with Crippen LogP contribution in [0.15, 0.2) is 12.4 Å². The molecule has 0 radical (unpaired) electrons. The Morgan fingerprint density at radius 3 is 2.32 bits per heavy atom.